The molecule has 0 spiro atoms. The number of esters is 1. The summed E-state index contributed by atoms with van der Waals surface area (Å²) < 4.78 is 25.9. The van der Waals surface area contributed by atoms with Gasteiger partial charge in [-0.15, -0.1) is 0 Å². The lowest BCUT2D eigenvalue weighted by Crippen LogP contribution is -2.48. The second-order valence-corrected chi connectivity index (χ2v) is 3.93. The Labute approximate surface area is 88.8 Å². The van der Waals surface area contributed by atoms with Crippen molar-refractivity contribution in [2.45, 2.75) is 37.9 Å². The molecule has 2 fully saturated rings. The highest BCUT2D eigenvalue weighted by molar-refractivity contribution is 5.92. The molecule has 2 rings (SSSR count). The fourth-order valence-electron chi connectivity index (χ4n) is 2.34. The topological polar surface area (TPSA) is 46.6 Å². The van der Waals surface area contributed by atoms with E-state index < -0.39 is 17.7 Å². The normalized spacial score (nSPS) is 40.3. The molecule has 2 atom stereocenters. The van der Waals surface area contributed by atoms with Gasteiger partial charge in [-0.05, 0) is 13.3 Å². The molecule has 2 saturated heterocycles. The first kappa shape index (κ1) is 9.12. The van der Waals surface area contributed by atoms with E-state index in [4.69, 9.17) is 6.11 Å². The molecule has 2 aliphatic rings. The Morgan fingerprint density at radius 2 is 2.60 bits per heavy atom. The highest BCUT2D eigenvalue weighted by Gasteiger charge is 2.58. The first-order valence-electron chi connectivity index (χ1n) is 5.58. The molecule has 0 saturated carbocycles. The van der Waals surface area contributed by atoms with Crippen LogP contribution < -0.4 is 0 Å². The highest BCUT2D eigenvalue weighted by atomic mass is 19.1. The Hall–Kier alpha value is -1.13. The molecule has 5 heteroatoms. The van der Waals surface area contributed by atoms with Crippen LogP contribution in [0.25, 0.3) is 0 Å². The maximum Gasteiger partial charge on any atom is 0.332 e. The molecule has 4 nitrogen and oxygen atoms in total. The minimum Gasteiger partial charge on any atom is -0.464 e. The average molecular weight is 216 g/mol. The van der Waals surface area contributed by atoms with Crippen molar-refractivity contribution in [3.8, 4) is 0 Å². The molecule has 0 radical (unpaired) electrons. The van der Waals surface area contributed by atoms with Crippen LogP contribution in [0, 0.1) is 0 Å². The van der Waals surface area contributed by atoms with Gasteiger partial charge in [0.25, 0.3) is 0 Å². The number of rotatable bonds is 2. The molecule has 0 aromatic carbocycles. The van der Waals surface area contributed by atoms with Crippen molar-refractivity contribution in [3.63, 3.8) is 0 Å². The highest BCUT2D eigenvalue weighted by Crippen LogP contribution is 2.41. The fraction of sp³-hybridized carbons (Fsp3) is 0.800. The number of fused-ring (bicyclic) bond motifs is 1. The number of alkyl halides is 1. The van der Waals surface area contributed by atoms with Crippen LogP contribution in [0.1, 0.15) is 27.6 Å². The molecule has 15 heavy (non-hydrogen) atoms. The fourth-order valence-corrected chi connectivity index (χ4v) is 2.34. The van der Waals surface area contributed by atoms with Crippen LogP contribution in [0.5, 0.6) is 0 Å². The smallest absolute Gasteiger partial charge is 0.332 e. The minimum atomic E-state index is -2.23. The van der Waals surface area contributed by atoms with E-state index in [1.54, 1.807) is 6.92 Å². The lowest BCUT2D eigenvalue weighted by Gasteiger charge is -2.28. The molecule has 0 N–H and O–H groups in total. The van der Waals surface area contributed by atoms with Crippen LogP contribution in [0.15, 0.2) is 0 Å². The van der Waals surface area contributed by atoms with Crippen molar-refractivity contribution < 1.29 is 20.1 Å². The zero-order chi connectivity index (χ0) is 12.0. The van der Waals surface area contributed by atoms with Gasteiger partial charge in [-0.25, -0.2) is 9.18 Å². The second kappa shape index (κ2) is 3.47. The van der Waals surface area contributed by atoms with E-state index in [0.717, 1.165) is 0 Å². The van der Waals surface area contributed by atoms with Crippen LogP contribution in [0.4, 0.5) is 4.39 Å². The second-order valence-electron chi connectivity index (χ2n) is 3.93. The van der Waals surface area contributed by atoms with Crippen LogP contribution in [-0.2, 0) is 14.3 Å². The molecule has 84 valence electrons. The molecule has 2 aliphatic heterocycles. The quantitative estimate of drug-likeness (QED) is 0.637. The number of ether oxygens (including phenoxy) is 1. The average Bonchev–Trinajstić information content (AvgIpc) is 2.62. The van der Waals surface area contributed by atoms with Gasteiger partial charge in [-0.2, -0.15) is 0 Å². The van der Waals surface area contributed by atoms with Gasteiger partial charge in [-0.3, -0.25) is 4.79 Å². The zero-order valence-electron chi connectivity index (χ0n) is 9.59. The summed E-state index contributed by atoms with van der Waals surface area (Å²) in [5.74, 6) is -0.840. The predicted octanol–water partition coefficient (Wildman–Crippen LogP) is 0.652. The largest absolute Gasteiger partial charge is 0.464 e. The number of nitrogens with zero attached hydrogens (tertiary/aromatic N) is 1. The van der Waals surface area contributed by atoms with Gasteiger partial charge in [0.15, 0.2) is 0 Å². The van der Waals surface area contributed by atoms with Crippen LogP contribution >= 0.6 is 0 Å². The molecular formula is C10H14FNO3. The summed E-state index contributed by atoms with van der Waals surface area (Å²) in [6.07, 6.45) is -2.02. The predicted molar refractivity (Wildman–Crippen MR) is 49.8 cm³/mol. The molecule has 0 aromatic rings. The van der Waals surface area contributed by atoms with Crippen molar-refractivity contribution in [1.82, 2.24) is 4.90 Å². The molecule has 1 amide bonds. The third-order valence-electron chi connectivity index (χ3n) is 3.04. The van der Waals surface area contributed by atoms with Crippen molar-refractivity contribution in [3.05, 3.63) is 0 Å². The van der Waals surface area contributed by atoms with E-state index >= 15 is 0 Å². The van der Waals surface area contributed by atoms with E-state index in [1.165, 1.54) is 4.90 Å². The molecule has 0 unspecified atom stereocenters. The van der Waals surface area contributed by atoms with Gasteiger partial charge < -0.3 is 9.64 Å². The number of hydrogen-bond acceptors (Lipinski definition) is 3. The maximum absolute atomic E-state index is 13.6. The maximum atomic E-state index is 13.6. The Bertz CT molecular complexity index is 347. The monoisotopic (exact) mass is 216 g/mol. The molecule has 2 heterocycles. The van der Waals surface area contributed by atoms with Crippen molar-refractivity contribution in [2.24, 2.45) is 0 Å². The molecular weight excluding hydrogens is 201 g/mol. The number of halogens is 1. The first-order chi connectivity index (χ1) is 7.41. The standard InChI is InChI=1S/C10H14FNO3/c1-2-15-9(14)10-4-3-8(13)12(10)6-7(11)5-10/h7H,2-6H2,1H3/t7-,10-/m0/s1/i7D. The summed E-state index contributed by atoms with van der Waals surface area (Å²) in [4.78, 5) is 24.5. The Morgan fingerprint density at radius 3 is 3.27 bits per heavy atom. The van der Waals surface area contributed by atoms with Gasteiger partial charge >= 0.3 is 5.97 Å². The van der Waals surface area contributed by atoms with Crippen LogP contribution in [0.2, 0.25) is 0 Å². The molecule has 0 aromatic heterocycles. The van der Waals surface area contributed by atoms with Gasteiger partial charge in [0.05, 0.1) is 14.5 Å². The SMILES string of the molecule is [2H][C@@]1(F)CN2C(=O)CC[C@@]2(C(=O)OCC)C1. The summed E-state index contributed by atoms with van der Waals surface area (Å²) in [5.41, 5.74) is -1.22. The van der Waals surface area contributed by atoms with Gasteiger partial charge in [-0.1, -0.05) is 0 Å². The van der Waals surface area contributed by atoms with E-state index in [1.807, 2.05) is 0 Å². The van der Waals surface area contributed by atoms with Crippen LogP contribution in [0.3, 0.4) is 0 Å². The number of amides is 1. The van der Waals surface area contributed by atoms with Gasteiger partial charge in [0.1, 0.15) is 11.7 Å². The Balaban J connectivity index is 2.30. The van der Waals surface area contributed by atoms with E-state index in [9.17, 15) is 14.0 Å². The summed E-state index contributed by atoms with van der Waals surface area (Å²) in [5, 5.41) is 0. The number of carbonyl (C=O) groups is 2. The van der Waals surface area contributed by atoms with Crippen molar-refractivity contribution >= 4 is 11.9 Å². The minimum absolute atomic E-state index is 0.194. The van der Waals surface area contributed by atoms with Crippen molar-refractivity contribution in [2.75, 3.05) is 13.2 Å². The zero-order valence-corrected chi connectivity index (χ0v) is 8.59. The molecule has 0 bridgehead atoms. The summed E-state index contributed by atoms with van der Waals surface area (Å²) >= 11 is 0. The summed E-state index contributed by atoms with van der Waals surface area (Å²) in [6.45, 7) is 1.53. The van der Waals surface area contributed by atoms with Crippen molar-refractivity contribution in [1.29, 1.82) is 0 Å². The lowest BCUT2D eigenvalue weighted by molar-refractivity contribution is -0.157. The molecule has 0 aliphatic carbocycles. The van der Waals surface area contributed by atoms with Crippen LogP contribution in [-0.4, -0.2) is 41.6 Å². The number of hydrogen-bond donors (Lipinski definition) is 0. The first-order valence-corrected chi connectivity index (χ1v) is 5.08. The summed E-state index contributed by atoms with van der Waals surface area (Å²) in [7, 11) is 0. The lowest BCUT2D eigenvalue weighted by atomic mass is 9.94. The third-order valence-corrected chi connectivity index (χ3v) is 3.04. The van der Waals surface area contributed by atoms with E-state index in [0.29, 0.717) is 0 Å². The Kier molecular flexibility index (Phi) is 2.11. The van der Waals surface area contributed by atoms with E-state index in [2.05, 4.69) is 0 Å². The van der Waals surface area contributed by atoms with E-state index in [-0.39, 0.29) is 38.3 Å². The number of carbonyl (C=O) groups excluding carboxylic acids is 2. The Morgan fingerprint density at radius 1 is 1.87 bits per heavy atom. The van der Waals surface area contributed by atoms with Gasteiger partial charge in [0, 0.05) is 12.8 Å². The third kappa shape index (κ3) is 1.41. The summed E-state index contributed by atoms with van der Waals surface area (Å²) in [6, 6.07) is 0. The van der Waals surface area contributed by atoms with Gasteiger partial charge in [0.2, 0.25) is 5.91 Å².